The van der Waals surface area contributed by atoms with Crippen LogP contribution in [-0.2, 0) is 19.0 Å². The second-order valence-corrected chi connectivity index (χ2v) is 2.87. The van der Waals surface area contributed by atoms with E-state index >= 15 is 0 Å². The Morgan fingerprint density at radius 2 is 1.56 bits per heavy atom. The monoisotopic (exact) mass is 245 g/mol. The van der Waals surface area contributed by atoms with Crippen molar-refractivity contribution in [1.29, 1.82) is 0 Å². The summed E-state index contributed by atoms with van der Waals surface area (Å²) in [7, 11) is 0. The van der Waals surface area contributed by atoms with Crippen LogP contribution in [0.5, 0.6) is 0 Å². The molecule has 0 saturated heterocycles. The van der Waals surface area contributed by atoms with Crippen molar-refractivity contribution < 1.29 is 31.4 Å². The molecular formula is C8H5F6NO. The molecule has 1 aromatic heterocycles. The standard InChI is InChI=1S/C8H5F6NO/c9-7(10,11)5-2-15-1-4(3-16)6(5)8(12,13)14/h1-2,16H,3H2. The van der Waals surface area contributed by atoms with Crippen molar-refractivity contribution in [2.75, 3.05) is 0 Å². The van der Waals surface area contributed by atoms with E-state index in [0.29, 0.717) is 6.20 Å². The van der Waals surface area contributed by atoms with E-state index in [2.05, 4.69) is 4.98 Å². The number of nitrogens with zero attached hydrogens (tertiary/aromatic N) is 1. The van der Waals surface area contributed by atoms with Crippen LogP contribution in [0.2, 0.25) is 0 Å². The molecule has 16 heavy (non-hydrogen) atoms. The number of rotatable bonds is 1. The van der Waals surface area contributed by atoms with Gasteiger partial charge in [-0.1, -0.05) is 0 Å². The number of pyridine rings is 1. The molecule has 0 unspecified atom stereocenters. The van der Waals surface area contributed by atoms with E-state index in [1.807, 2.05) is 0 Å². The van der Waals surface area contributed by atoms with Crippen LogP contribution < -0.4 is 0 Å². The third kappa shape index (κ3) is 2.43. The average Bonchev–Trinajstić information content (AvgIpc) is 2.13. The molecule has 0 radical (unpaired) electrons. The van der Waals surface area contributed by atoms with Crippen molar-refractivity contribution >= 4 is 0 Å². The Morgan fingerprint density at radius 1 is 1.00 bits per heavy atom. The number of aliphatic hydroxyl groups is 1. The zero-order valence-electron chi connectivity index (χ0n) is 7.52. The van der Waals surface area contributed by atoms with E-state index in [9.17, 15) is 26.3 Å². The van der Waals surface area contributed by atoms with Crippen molar-refractivity contribution in [2.45, 2.75) is 19.0 Å². The lowest BCUT2D eigenvalue weighted by molar-refractivity contribution is -0.163. The molecule has 1 aromatic rings. The van der Waals surface area contributed by atoms with Crippen molar-refractivity contribution in [3.05, 3.63) is 29.1 Å². The Balaban J connectivity index is 3.51. The second-order valence-electron chi connectivity index (χ2n) is 2.87. The minimum Gasteiger partial charge on any atom is -0.392 e. The number of aliphatic hydroxyl groups excluding tert-OH is 1. The Hall–Kier alpha value is -1.31. The van der Waals surface area contributed by atoms with Crippen LogP contribution >= 0.6 is 0 Å². The summed E-state index contributed by atoms with van der Waals surface area (Å²) < 4.78 is 74.0. The van der Waals surface area contributed by atoms with Crippen molar-refractivity contribution in [3.63, 3.8) is 0 Å². The summed E-state index contributed by atoms with van der Waals surface area (Å²) >= 11 is 0. The lowest BCUT2D eigenvalue weighted by atomic mass is 10.0. The van der Waals surface area contributed by atoms with E-state index in [-0.39, 0.29) is 6.20 Å². The van der Waals surface area contributed by atoms with Crippen LogP contribution in [-0.4, -0.2) is 10.1 Å². The van der Waals surface area contributed by atoms with E-state index < -0.39 is 35.6 Å². The third-order valence-corrected chi connectivity index (χ3v) is 1.78. The summed E-state index contributed by atoms with van der Waals surface area (Å²) in [5.74, 6) is 0. The number of hydrogen-bond acceptors (Lipinski definition) is 2. The van der Waals surface area contributed by atoms with E-state index in [1.54, 1.807) is 0 Å². The number of alkyl halides is 6. The highest BCUT2D eigenvalue weighted by Gasteiger charge is 2.44. The molecule has 1 N–H and O–H groups in total. The molecule has 1 rings (SSSR count). The molecule has 0 atom stereocenters. The first-order chi connectivity index (χ1) is 7.18. The summed E-state index contributed by atoms with van der Waals surface area (Å²) in [6.45, 7) is -1.16. The van der Waals surface area contributed by atoms with Gasteiger partial charge in [-0.2, -0.15) is 26.3 Å². The lowest BCUT2D eigenvalue weighted by Crippen LogP contribution is -2.19. The van der Waals surface area contributed by atoms with Crippen LogP contribution in [0.1, 0.15) is 16.7 Å². The van der Waals surface area contributed by atoms with Crippen molar-refractivity contribution in [2.24, 2.45) is 0 Å². The van der Waals surface area contributed by atoms with E-state index in [4.69, 9.17) is 5.11 Å². The summed E-state index contributed by atoms with van der Waals surface area (Å²) in [6.07, 6.45) is -9.71. The molecule has 0 aliphatic rings. The maximum atomic E-state index is 12.4. The molecule has 0 saturated carbocycles. The zero-order valence-corrected chi connectivity index (χ0v) is 7.52. The minimum atomic E-state index is -5.19. The summed E-state index contributed by atoms with van der Waals surface area (Å²) in [4.78, 5) is 3.02. The minimum absolute atomic E-state index is 0.0853. The lowest BCUT2D eigenvalue weighted by Gasteiger charge is -2.17. The molecule has 0 fully saturated rings. The van der Waals surface area contributed by atoms with Gasteiger partial charge in [0.1, 0.15) is 0 Å². The molecule has 0 amide bonds. The molecule has 90 valence electrons. The third-order valence-electron chi connectivity index (χ3n) is 1.78. The van der Waals surface area contributed by atoms with Gasteiger partial charge in [0.2, 0.25) is 0 Å². The van der Waals surface area contributed by atoms with E-state index in [1.165, 1.54) is 0 Å². The van der Waals surface area contributed by atoms with Crippen LogP contribution in [0.25, 0.3) is 0 Å². The van der Waals surface area contributed by atoms with Gasteiger partial charge in [-0.25, -0.2) is 0 Å². The van der Waals surface area contributed by atoms with Gasteiger partial charge in [0.05, 0.1) is 17.7 Å². The van der Waals surface area contributed by atoms with Crippen molar-refractivity contribution in [1.82, 2.24) is 4.98 Å². The van der Waals surface area contributed by atoms with Crippen LogP contribution in [0, 0.1) is 0 Å². The molecule has 0 aliphatic carbocycles. The van der Waals surface area contributed by atoms with Gasteiger partial charge in [0, 0.05) is 18.0 Å². The predicted molar refractivity (Wildman–Crippen MR) is 40.2 cm³/mol. The van der Waals surface area contributed by atoms with Gasteiger partial charge in [-0.15, -0.1) is 0 Å². The second kappa shape index (κ2) is 3.93. The SMILES string of the molecule is OCc1cncc(C(F)(F)F)c1C(F)(F)F. The summed E-state index contributed by atoms with van der Waals surface area (Å²) in [5, 5.41) is 8.56. The fraction of sp³-hybridized carbons (Fsp3) is 0.375. The van der Waals surface area contributed by atoms with Crippen molar-refractivity contribution in [3.8, 4) is 0 Å². The Morgan fingerprint density at radius 3 is 1.94 bits per heavy atom. The smallest absolute Gasteiger partial charge is 0.392 e. The van der Waals surface area contributed by atoms with Gasteiger partial charge in [-0.3, -0.25) is 4.98 Å². The molecule has 0 aromatic carbocycles. The number of halogens is 6. The van der Waals surface area contributed by atoms with Gasteiger partial charge < -0.3 is 5.11 Å². The van der Waals surface area contributed by atoms with E-state index in [0.717, 1.165) is 0 Å². The Kier molecular flexibility index (Phi) is 3.13. The first-order valence-corrected chi connectivity index (χ1v) is 3.90. The van der Waals surface area contributed by atoms with Crippen LogP contribution in [0.3, 0.4) is 0 Å². The zero-order chi connectivity index (χ0) is 12.6. The molecule has 1 heterocycles. The molecule has 8 heteroatoms. The summed E-state index contributed by atoms with van der Waals surface area (Å²) in [5.41, 5.74) is -4.69. The predicted octanol–water partition coefficient (Wildman–Crippen LogP) is 2.61. The molecule has 2 nitrogen and oxygen atoms in total. The highest BCUT2D eigenvalue weighted by atomic mass is 19.4. The highest BCUT2D eigenvalue weighted by Crippen LogP contribution is 2.41. The Bertz CT molecular complexity index is 383. The largest absolute Gasteiger partial charge is 0.418 e. The Labute approximate surface area is 85.5 Å². The van der Waals surface area contributed by atoms with Crippen LogP contribution in [0.15, 0.2) is 12.4 Å². The topological polar surface area (TPSA) is 33.1 Å². The maximum Gasteiger partial charge on any atom is 0.418 e. The van der Waals surface area contributed by atoms with Gasteiger partial charge >= 0.3 is 12.4 Å². The van der Waals surface area contributed by atoms with Gasteiger partial charge in [-0.05, 0) is 0 Å². The fourth-order valence-corrected chi connectivity index (χ4v) is 1.17. The van der Waals surface area contributed by atoms with Gasteiger partial charge in [0.25, 0.3) is 0 Å². The molecular weight excluding hydrogens is 240 g/mol. The first kappa shape index (κ1) is 12.8. The first-order valence-electron chi connectivity index (χ1n) is 3.90. The number of aromatic nitrogens is 1. The van der Waals surface area contributed by atoms with Gasteiger partial charge in [0.15, 0.2) is 0 Å². The maximum absolute atomic E-state index is 12.4. The molecule has 0 bridgehead atoms. The highest BCUT2D eigenvalue weighted by molar-refractivity contribution is 5.36. The fourth-order valence-electron chi connectivity index (χ4n) is 1.17. The average molecular weight is 245 g/mol. The molecule has 0 spiro atoms. The molecule has 0 aliphatic heterocycles. The van der Waals surface area contributed by atoms with Crippen LogP contribution in [0.4, 0.5) is 26.3 Å². The summed E-state index contributed by atoms with van der Waals surface area (Å²) in [6, 6.07) is 0. The number of hydrogen-bond donors (Lipinski definition) is 1. The normalized spacial score (nSPS) is 12.9. The quantitative estimate of drug-likeness (QED) is 0.771.